The summed E-state index contributed by atoms with van der Waals surface area (Å²) in [5.41, 5.74) is 16.9. The molecule has 1 aliphatic carbocycles. The van der Waals surface area contributed by atoms with Crippen LogP contribution in [0.5, 0.6) is 0 Å². The number of hydrogen-bond donors (Lipinski definition) is 0. The fourth-order valence-corrected chi connectivity index (χ4v) is 11.9. The maximum Gasteiger partial charge on any atom is 0.135 e. The number of fused-ring (bicyclic) bond motifs is 14. The molecule has 0 N–H and O–H groups in total. The molecule has 0 atom stereocenters. The summed E-state index contributed by atoms with van der Waals surface area (Å²) < 4.78 is 6.60. The Hall–Kier alpha value is -8.26. The minimum atomic E-state index is -0.137. The summed E-state index contributed by atoms with van der Waals surface area (Å²) in [6.07, 6.45) is 0. The number of furan rings is 1. The minimum absolute atomic E-state index is 0.137. The van der Waals surface area contributed by atoms with Crippen molar-refractivity contribution >= 4 is 75.8 Å². The van der Waals surface area contributed by atoms with Gasteiger partial charge >= 0.3 is 0 Å². The second-order valence-electron chi connectivity index (χ2n) is 18.7. The first-order chi connectivity index (χ1) is 32.5. The molecule has 1 heterocycles. The molecule has 0 unspecified atom stereocenters. The third kappa shape index (κ3) is 5.29. The summed E-state index contributed by atoms with van der Waals surface area (Å²) >= 11 is 0. The van der Waals surface area contributed by atoms with Crippen LogP contribution in [0.25, 0.3) is 131 Å². The molecule has 0 saturated carbocycles. The monoisotopic (exact) mass is 838 g/mol. The van der Waals surface area contributed by atoms with Crippen LogP contribution in [0.4, 0.5) is 0 Å². The molecule has 308 valence electrons. The largest absolute Gasteiger partial charge is 0.456 e. The molecular formula is C65H42O. The van der Waals surface area contributed by atoms with E-state index in [4.69, 9.17) is 4.42 Å². The number of hydrogen-bond acceptors (Lipinski definition) is 1. The third-order valence-corrected chi connectivity index (χ3v) is 14.8. The zero-order valence-corrected chi connectivity index (χ0v) is 36.7. The lowest BCUT2D eigenvalue weighted by molar-refractivity contribution is 0.666. The van der Waals surface area contributed by atoms with Crippen molar-refractivity contribution in [2.24, 2.45) is 0 Å². The zero-order chi connectivity index (χ0) is 43.7. The van der Waals surface area contributed by atoms with E-state index in [1.165, 1.54) is 121 Å². The Morgan fingerprint density at radius 3 is 1.41 bits per heavy atom. The summed E-state index contributed by atoms with van der Waals surface area (Å²) in [7, 11) is 0. The molecule has 12 aromatic carbocycles. The van der Waals surface area contributed by atoms with Crippen molar-refractivity contribution < 1.29 is 4.42 Å². The van der Waals surface area contributed by atoms with Gasteiger partial charge in [-0.3, -0.25) is 0 Å². The van der Waals surface area contributed by atoms with Gasteiger partial charge in [-0.15, -0.1) is 0 Å². The van der Waals surface area contributed by atoms with Crippen LogP contribution >= 0.6 is 0 Å². The Bertz CT molecular complexity index is 4140. The van der Waals surface area contributed by atoms with Crippen molar-refractivity contribution in [1.29, 1.82) is 0 Å². The van der Waals surface area contributed by atoms with Gasteiger partial charge in [0.15, 0.2) is 0 Å². The first-order valence-corrected chi connectivity index (χ1v) is 23.1. The Morgan fingerprint density at radius 2 is 0.742 bits per heavy atom. The van der Waals surface area contributed by atoms with Crippen LogP contribution in [0.15, 0.2) is 223 Å². The van der Waals surface area contributed by atoms with Crippen molar-refractivity contribution in [3.05, 3.63) is 230 Å². The Balaban J connectivity index is 0.928. The lowest BCUT2D eigenvalue weighted by Crippen LogP contribution is -2.15. The lowest BCUT2D eigenvalue weighted by atomic mass is 9.79. The molecule has 0 fully saturated rings. The minimum Gasteiger partial charge on any atom is -0.456 e. The van der Waals surface area contributed by atoms with Gasteiger partial charge in [-0.1, -0.05) is 196 Å². The molecular weight excluding hydrogens is 797 g/mol. The molecule has 1 aromatic heterocycles. The van der Waals surface area contributed by atoms with E-state index in [0.717, 1.165) is 21.9 Å². The van der Waals surface area contributed by atoms with E-state index in [0.29, 0.717) is 0 Å². The van der Waals surface area contributed by atoms with Crippen LogP contribution in [0, 0.1) is 0 Å². The predicted octanol–water partition coefficient (Wildman–Crippen LogP) is 18.3. The molecule has 1 heteroatoms. The fourth-order valence-electron chi connectivity index (χ4n) is 11.9. The van der Waals surface area contributed by atoms with E-state index in [1.807, 2.05) is 0 Å². The number of benzene rings is 12. The van der Waals surface area contributed by atoms with E-state index in [-0.39, 0.29) is 5.41 Å². The van der Waals surface area contributed by atoms with Crippen molar-refractivity contribution in [2.45, 2.75) is 19.3 Å². The van der Waals surface area contributed by atoms with E-state index in [2.05, 4.69) is 232 Å². The topological polar surface area (TPSA) is 13.1 Å². The van der Waals surface area contributed by atoms with Gasteiger partial charge in [0, 0.05) is 16.2 Å². The predicted molar refractivity (Wildman–Crippen MR) is 281 cm³/mol. The quantitative estimate of drug-likeness (QED) is 0.127. The van der Waals surface area contributed by atoms with E-state index in [1.54, 1.807) is 0 Å². The van der Waals surface area contributed by atoms with Gasteiger partial charge in [0.25, 0.3) is 0 Å². The summed E-state index contributed by atoms with van der Waals surface area (Å²) in [5, 5.41) is 15.0. The van der Waals surface area contributed by atoms with Crippen molar-refractivity contribution in [3.8, 4) is 55.6 Å². The molecule has 1 aliphatic rings. The van der Waals surface area contributed by atoms with Crippen molar-refractivity contribution in [2.75, 3.05) is 0 Å². The van der Waals surface area contributed by atoms with Gasteiger partial charge in [0.2, 0.25) is 0 Å². The van der Waals surface area contributed by atoms with Crippen LogP contribution in [-0.4, -0.2) is 0 Å². The zero-order valence-electron chi connectivity index (χ0n) is 36.7. The normalized spacial score (nSPS) is 13.1. The highest BCUT2D eigenvalue weighted by Crippen LogP contribution is 2.55. The molecule has 66 heavy (non-hydrogen) atoms. The Labute approximate surface area is 382 Å². The van der Waals surface area contributed by atoms with Gasteiger partial charge in [-0.2, -0.15) is 0 Å². The van der Waals surface area contributed by atoms with Crippen LogP contribution in [0.2, 0.25) is 0 Å². The number of rotatable bonds is 4. The standard InChI is InChI=1S/C65H42O/c1-65(2)58-32-29-40(37-57(58)63-49-22-7-5-20-47(49)48-21-6-12-27-54(48)64(63)65)41-30-33-59-55(36-41)56-38-44(31-34-60(56)66-59)62-52-25-10-8-23-50(52)61(51-24-9-11-26-53(51)62)43-18-13-17-42(35-43)46-28-14-16-39-15-3-4-19-45(39)46/h3-38H,1-2H3. The molecule has 0 saturated heterocycles. The van der Waals surface area contributed by atoms with Gasteiger partial charge in [0.05, 0.1) is 0 Å². The van der Waals surface area contributed by atoms with Gasteiger partial charge < -0.3 is 4.42 Å². The summed E-state index contributed by atoms with van der Waals surface area (Å²) in [6.45, 7) is 4.79. The summed E-state index contributed by atoms with van der Waals surface area (Å²) in [4.78, 5) is 0. The second kappa shape index (κ2) is 13.9. The lowest BCUT2D eigenvalue weighted by Gasteiger charge is -2.24. The van der Waals surface area contributed by atoms with E-state index >= 15 is 0 Å². The molecule has 0 bridgehead atoms. The SMILES string of the molecule is CC1(C)c2ccc(-c3ccc4oc5ccc(-c6c7ccccc7c(-c7cccc(-c8cccc9ccccc89)c7)c7ccccc67)cc5c4c3)cc2-c2c1c1ccccc1c1ccccc21. The maximum absolute atomic E-state index is 6.60. The van der Waals surface area contributed by atoms with Gasteiger partial charge in [-0.05, 0) is 157 Å². The average molecular weight is 839 g/mol. The van der Waals surface area contributed by atoms with Crippen molar-refractivity contribution in [1.82, 2.24) is 0 Å². The molecule has 0 radical (unpaired) electrons. The maximum atomic E-state index is 6.60. The molecule has 0 aliphatic heterocycles. The van der Waals surface area contributed by atoms with Crippen LogP contribution < -0.4 is 0 Å². The first-order valence-electron chi connectivity index (χ1n) is 23.1. The van der Waals surface area contributed by atoms with Crippen LogP contribution in [0.1, 0.15) is 25.0 Å². The molecule has 0 spiro atoms. The van der Waals surface area contributed by atoms with Crippen LogP contribution in [-0.2, 0) is 5.41 Å². The molecule has 1 nitrogen and oxygen atoms in total. The summed E-state index contributed by atoms with van der Waals surface area (Å²) in [5.74, 6) is 0. The first kappa shape index (κ1) is 37.1. The average Bonchev–Trinajstić information content (AvgIpc) is 3.86. The highest BCUT2D eigenvalue weighted by molar-refractivity contribution is 6.23. The smallest absolute Gasteiger partial charge is 0.135 e. The fraction of sp³-hybridized carbons (Fsp3) is 0.0462. The van der Waals surface area contributed by atoms with Crippen LogP contribution in [0.3, 0.4) is 0 Å². The Morgan fingerprint density at radius 1 is 0.288 bits per heavy atom. The molecule has 14 rings (SSSR count). The highest BCUT2D eigenvalue weighted by atomic mass is 16.3. The molecule has 13 aromatic rings. The Kier molecular flexibility index (Phi) is 7.81. The van der Waals surface area contributed by atoms with E-state index in [9.17, 15) is 0 Å². The second-order valence-corrected chi connectivity index (χ2v) is 18.7. The highest BCUT2D eigenvalue weighted by Gasteiger charge is 2.38. The third-order valence-electron chi connectivity index (χ3n) is 14.8. The summed E-state index contributed by atoms with van der Waals surface area (Å²) in [6, 6.07) is 80.8. The van der Waals surface area contributed by atoms with Gasteiger partial charge in [0.1, 0.15) is 11.2 Å². The van der Waals surface area contributed by atoms with Crippen molar-refractivity contribution in [3.63, 3.8) is 0 Å². The van der Waals surface area contributed by atoms with E-state index < -0.39 is 0 Å². The molecule has 0 amide bonds. The van der Waals surface area contributed by atoms with Gasteiger partial charge in [-0.25, -0.2) is 0 Å².